The molecule has 1 N–H and O–H groups in total. The number of benzene rings is 2. The van der Waals surface area contributed by atoms with Gasteiger partial charge in [-0.15, -0.1) is 0 Å². The Bertz CT molecular complexity index is 826. The summed E-state index contributed by atoms with van der Waals surface area (Å²) < 4.78 is 0. The molecule has 0 fully saturated rings. The summed E-state index contributed by atoms with van der Waals surface area (Å²) in [6.07, 6.45) is 3.21. The number of nitrogens with one attached hydrogen (secondary N) is 1. The lowest BCUT2D eigenvalue weighted by Gasteiger charge is -1.97. The van der Waals surface area contributed by atoms with Gasteiger partial charge in [0.05, 0.1) is 0 Å². The van der Waals surface area contributed by atoms with Crippen LogP contribution in [0.1, 0.15) is 22.4 Å². The molecule has 1 aromatic heterocycles. The number of aromatic amines is 1. The minimum Gasteiger partial charge on any atom is -0.355 e. The van der Waals surface area contributed by atoms with Crippen molar-refractivity contribution in [1.82, 2.24) is 4.98 Å². The van der Waals surface area contributed by atoms with Crippen molar-refractivity contribution in [2.45, 2.75) is 13.0 Å². The molecule has 97 valence electrons. The minimum absolute atomic E-state index is 0.162. The van der Waals surface area contributed by atoms with E-state index in [0.717, 1.165) is 28.6 Å². The van der Waals surface area contributed by atoms with Crippen molar-refractivity contribution in [2.24, 2.45) is 0 Å². The lowest BCUT2D eigenvalue weighted by Crippen LogP contribution is -1.84. The summed E-state index contributed by atoms with van der Waals surface area (Å²) in [5.41, 5.74) is 7.08. The van der Waals surface area contributed by atoms with Crippen LogP contribution in [0.4, 0.5) is 0 Å². The number of hydrogen-bond donors (Lipinski definition) is 1. The Labute approximate surface area is 117 Å². The molecule has 0 saturated carbocycles. The Balaban J connectivity index is 1.77. The van der Waals surface area contributed by atoms with Gasteiger partial charge in [-0.1, -0.05) is 30.3 Å². The van der Waals surface area contributed by atoms with Crippen LogP contribution < -0.4 is 0 Å². The smallest absolute Gasteiger partial charge is 0.107 e. The van der Waals surface area contributed by atoms with Crippen LogP contribution in [-0.4, -0.2) is 4.98 Å². The third-order valence-electron chi connectivity index (χ3n) is 3.96. The van der Waals surface area contributed by atoms with Crippen LogP contribution in [0, 0.1) is 0 Å². The van der Waals surface area contributed by atoms with E-state index in [1.165, 1.54) is 16.7 Å². The van der Waals surface area contributed by atoms with Gasteiger partial charge in [0.1, 0.15) is 6.61 Å². The normalized spacial score (nSPS) is 13.6. The van der Waals surface area contributed by atoms with Gasteiger partial charge in [-0.25, -0.2) is 5.11 Å². The molecule has 0 spiro atoms. The quantitative estimate of drug-likeness (QED) is 0.717. The number of H-pyrrole nitrogens is 1. The summed E-state index contributed by atoms with van der Waals surface area (Å²) in [7, 11) is 0. The second kappa shape index (κ2) is 4.36. The monoisotopic (exact) mass is 260 g/mol. The van der Waals surface area contributed by atoms with E-state index in [2.05, 4.69) is 41.4 Å². The number of hydrogen-bond acceptors (Lipinski definition) is 0. The first-order chi connectivity index (χ1) is 9.83. The zero-order valence-corrected chi connectivity index (χ0v) is 11.0. The van der Waals surface area contributed by atoms with E-state index < -0.39 is 0 Å². The van der Waals surface area contributed by atoms with Crippen molar-refractivity contribution in [2.75, 3.05) is 0 Å². The molecule has 2 heteroatoms. The first kappa shape index (κ1) is 11.5. The lowest BCUT2D eigenvalue weighted by atomic mass is 10.1. The van der Waals surface area contributed by atoms with E-state index >= 15 is 0 Å². The number of aromatic nitrogens is 1. The molecular formula is C18H14NO. The standard InChI is InChI=1S/C18H14NO/c20-11-12-5-6-17-15(7-12)10-18(19-17)16-8-13-3-1-2-4-14(13)9-16/h1-8,10,19H,9,11H2. The fourth-order valence-electron chi connectivity index (χ4n) is 2.90. The van der Waals surface area contributed by atoms with E-state index in [1.807, 2.05) is 18.2 Å². The SMILES string of the molecule is [O]Cc1ccc2[nH]c(C3=Cc4ccccc4C3)cc2c1. The molecule has 1 heterocycles. The predicted molar refractivity (Wildman–Crippen MR) is 80.7 cm³/mol. The van der Waals surface area contributed by atoms with Crippen LogP contribution in [-0.2, 0) is 18.1 Å². The second-order valence-corrected chi connectivity index (χ2v) is 5.29. The van der Waals surface area contributed by atoms with E-state index in [0.29, 0.717) is 0 Å². The number of fused-ring (bicyclic) bond motifs is 2. The summed E-state index contributed by atoms with van der Waals surface area (Å²) in [5.74, 6) is 0. The highest BCUT2D eigenvalue weighted by Crippen LogP contribution is 2.32. The molecule has 0 atom stereocenters. The van der Waals surface area contributed by atoms with Crippen molar-refractivity contribution >= 4 is 22.6 Å². The van der Waals surface area contributed by atoms with Crippen molar-refractivity contribution in [3.63, 3.8) is 0 Å². The fourth-order valence-corrected chi connectivity index (χ4v) is 2.90. The van der Waals surface area contributed by atoms with Crippen molar-refractivity contribution in [3.05, 3.63) is 70.9 Å². The van der Waals surface area contributed by atoms with Gasteiger partial charge in [-0.3, -0.25) is 0 Å². The molecule has 2 nitrogen and oxygen atoms in total. The van der Waals surface area contributed by atoms with Crippen LogP contribution in [0.2, 0.25) is 0 Å². The highest BCUT2D eigenvalue weighted by atomic mass is 16.3. The third-order valence-corrected chi connectivity index (χ3v) is 3.96. The summed E-state index contributed by atoms with van der Waals surface area (Å²) in [6.45, 7) is -0.162. The molecule has 0 bridgehead atoms. The van der Waals surface area contributed by atoms with Crippen LogP contribution >= 0.6 is 0 Å². The van der Waals surface area contributed by atoms with E-state index in [-0.39, 0.29) is 6.61 Å². The topological polar surface area (TPSA) is 35.7 Å². The average Bonchev–Trinajstić information content (AvgIpc) is 3.09. The lowest BCUT2D eigenvalue weighted by molar-refractivity contribution is 0.177. The number of rotatable bonds is 2. The number of allylic oxidation sites excluding steroid dienone is 1. The zero-order valence-electron chi connectivity index (χ0n) is 11.0. The molecule has 2 aromatic carbocycles. The molecule has 0 aliphatic heterocycles. The first-order valence-corrected chi connectivity index (χ1v) is 6.82. The Morgan fingerprint density at radius 3 is 2.80 bits per heavy atom. The molecule has 0 unspecified atom stereocenters. The molecule has 3 aromatic rings. The molecule has 4 rings (SSSR count). The summed E-state index contributed by atoms with van der Waals surface area (Å²) >= 11 is 0. The van der Waals surface area contributed by atoms with Gasteiger partial charge < -0.3 is 4.98 Å². The summed E-state index contributed by atoms with van der Waals surface area (Å²) in [4.78, 5) is 3.45. The second-order valence-electron chi connectivity index (χ2n) is 5.29. The van der Waals surface area contributed by atoms with Crippen molar-refractivity contribution in [1.29, 1.82) is 0 Å². The Morgan fingerprint density at radius 2 is 1.95 bits per heavy atom. The third kappa shape index (κ3) is 1.77. The molecule has 1 aliphatic carbocycles. The Morgan fingerprint density at radius 1 is 1.05 bits per heavy atom. The summed E-state index contributed by atoms with van der Waals surface area (Å²) in [5, 5.41) is 12.1. The zero-order chi connectivity index (χ0) is 13.5. The van der Waals surface area contributed by atoms with Gasteiger partial charge in [-0.2, -0.15) is 0 Å². The minimum atomic E-state index is -0.162. The average molecular weight is 260 g/mol. The van der Waals surface area contributed by atoms with Gasteiger partial charge >= 0.3 is 0 Å². The molecule has 1 radical (unpaired) electrons. The predicted octanol–water partition coefficient (Wildman–Crippen LogP) is 4.20. The van der Waals surface area contributed by atoms with Gasteiger partial charge in [0.25, 0.3) is 0 Å². The maximum atomic E-state index is 11.0. The maximum absolute atomic E-state index is 11.0. The summed E-state index contributed by atoms with van der Waals surface area (Å²) in [6, 6.07) is 16.5. The van der Waals surface area contributed by atoms with Gasteiger partial charge in [0, 0.05) is 23.0 Å². The first-order valence-electron chi connectivity index (χ1n) is 6.82. The van der Waals surface area contributed by atoms with Crippen LogP contribution in [0.15, 0.2) is 48.5 Å². The van der Waals surface area contributed by atoms with Gasteiger partial charge in [0.15, 0.2) is 0 Å². The van der Waals surface area contributed by atoms with E-state index in [9.17, 15) is 5.11 Å². The van der Waals surface area contributed by atoms with Crippen molar-refractivity contribution in [3.8, 4) is 0 Å². The van der Waals surface area contributed by atoms with E-state index in [4.69, 9.17) is 0 Å². The molecule has 0 saturated heterocycles. The Kier molecular flexibility index (Phi) is 2.51. The molecule has 1 aliphatic rings. The molecule has 0 amide bonds. The van der Waals surface area contributed by atoms with Crippen LogP contribution in [0.5, 0.6) is 0 Å². The molecule has 20 heavy (non-hydrogen) atoms. The highest BCUT2D eigenvalue weighted by Gasteiger charge is 2.15. The highest BCUT2D eigenvalue weighted by molar-refractivity contribution is 5.92. The molecular weight excluding hydrogens is 246 g/mol. The Hall–Kier alpha value is -2.32. The van der Waals surface area contributed by atoms with Crippen molar-refractivity contribution < 1.29 is 5.11 Å². The van der Waals surface area contributed by atoms with Crippen LogP contribution in [0.25, 0.3) is 22.6 Å². The van der Waals surface area contributed by atoms with Gasteiger partial charge in [0.2, 0.25) is 0 Å². The fraction of sp³-hybridized carbons (Fsp3) is 0.111. The largest absolute Gasteiger partial charge is 0.355 e. The van der Waals surface area contributed by atoms with Gasteiger partial charge in [-0.05, 0) is 46.5 Å². The van der Waals surface area contributed by atoms with E-state index in [1.54, 1.807) is 0 Å². The van der Waals surface area contributed by atoms with Crippen LogP contribution in [0.3, 0.4) is 0 Å². The maximum Gasteiger partial charge on any atom is 0.107 e.